The highest BCUT2D eigenvalue weighted by Crippen LogP contribution is 2.32. The molecule has 0 radical (unpaired) electrons. The molecular formula is C14H27NO2S. The molecular weight excluding hydrogens is 246 g/mol. The highest BCUT2D eigenvalue weighted by Gasteiger charge is 2.21. The van der Waals surface area contributed by atoms with E-state index in [1.54, 1.807) is 0 Å². The molecule has 3 nitrogen and oxygen atoms in total. The largest absolute Gasteiger partial charge is 0.468 e. The lowest BCUT2D eigenvalue weighted by molar-refractivity contribution is -0.143. The molecule has 0 heterocycles. The van der Waals surface area contributed by atoms with Gasteiger partial charge in [0.1, 0.15) is 6.04 Å². The van der Waals surface area contributed by atoms with Crippen LogP contribution in [0.3, 0.4) is 0 Å². The molecule has 4 heteroatoms. The van der Waals surface area contributed by atoms with E-state index < -0.39 is 0 Å². The van der Waals surface area contributed by atoms with Gasteiger partial charge in [0.15, 0.2) is 0 Å². The summed E-state index contributed by atoms with van der Waals surface area (Å²) >= 11 is 2.04. The van der Waals surface area contributed by atoms with Gasteiger partial charge in [-0.05, 0) is 37.5 Å². The van der Waals surface area contributed by atoms with Crippen molar-refractivity contribution in [1.29, 1.82) is 0 Å². The van der Waals surface area contributed by atoms with E-state index >= 15 is 0 Å². The van der Waals surface area contributed by atoms with Gasteiger partial charge in [-0.25, -0.2) is 0 Å². The number of thioether (sulfide) groups is 1. The van der Waals surface area contributed by atoms with Gasteiger partial charge in [-0.3, -0.25) is 4.79 Å². The molecule has 18 heavy (non-hydrogen) atoms. The Bertz CT molecular complexity index is 248. The first-order valence-electron chi connectivity index (χ1n) is 7.10. The maximum atomic E-state index is 11.5. The molecule has 0 amide bonds. The Labute approximate surface area is 115 Å². The predicted molar refractivity (Wildman–Crippen MR) is 78.0 cm³/mol. The summed E-state index contributed by atoms with van der Waals surface area (Å²) in [6.07, 6.45) is 6.32. The van der Waals surface area contributed by atoms with Gasteiger partial charge in [-0.2, -0.15) is 11.8 Å². The number of carbonyl (C=O) groups excluding carboxylic acids is 1. The molecule has 0 aromatic carbocycles. The van der Waals surface area contributed by atoms with E-state index in [0.29, 0.717) is 0 Å². The monoisotopic (exact) mass is 273 g/mol. The molecule has 1 fully saturated rings. The summed E-state index contributed by atoms with van der Waals surface area (Å²) in [5, 5.41) is 3.99. The van der Waals surface area contributed by atoms with E-state index in [1.807, 2.05) is 18.7 Å². The maximum Gasteiger partial charge on any atom is 0.322 e. The minimum absolute atomic E-state index is 0.130. The van der Waals surface area contributed by atoms with Crippen molar-refractivity contribution in [2.75, 3.05) is 19.4 Å². The minimum Gasteiger partial charge on any atom is -0.468 e. The van der Waals surface area contributed by atoms with E-state index in [9.17, 15) is 4.79 Å². The minimum atomic E-state index is -0.131. The number of methoxy groups -OCH3 is 1. The summed E-state index contributed by atoms with van der Waals surface area (Å²) in [6.45, 7) is 5.18. The van der Waals surface area contributed by atoms with Crippen LogP contribution in [0.4, 0.5) is 0 Å². The van der Waals surface area contributed by atoms with Crippen molar-refractivity contribution >= 4 is 17.7 Å². The van der Waals surface area contributed by atoms with E-state index in [1.165, 1.54) is 32.8 Å². The fourth-order valence-corrected chi connectivity index (χ4v) is 4.08. The number of likely N-dealkylation sites (N-methyl/N-ethyl adjacent to an activating group) is 1. The van der Waals surface area contributed by atoms with Crippen LogP contribution < -0.4 is 5.32 Å². The molecule has 106 valence electrons. The standard InChI is InChI=1S/C14H27NO2S/c1-4-15-13(14(16)17-3)8-9-18-12-7-5-6-11(2)10-12/h11-13,15H,4-10H2,1-3H3. The topological polar surface area (TPSA) is 38.3 Å². The number of rotatable bonds is 7. The smallest absolute Gasteiger partial charge is 0.322 e. The Morgan fingerprint density at radius 1 is 1.50 bits per heavy atom. The van der Waals surface area contributed by atoms with Crippen LogP contribution in [-0.4, -0.2) is 36.7 Å². The molecule has 0 aromatic rings. The van der Waals surface area contributed by atoms with Gasteiger partial charge in [0.05, 0.1) is 7.11 Å². The quantitative estimate of drug-likeness (QED) is 0.724. The Morgan fingerprint density at radius 3 is 2.89 bits per heavy atom. The third kappa shape index (κ3) is 5.61. The van der Waals surface area contributed by atoms with Gasteiger partial charge >= 0.3 is 5.97 Å². The van der Waals surface area contributed by atoms with Crippen LogP contribution in [0.2, 0.25) is 0 Å². The van der Waals surface area contributed by atoms with E-state index in [0.717, 1.165) is 29.9 Å². The normalized spacial score (nSPS) is 25.7. The van der Waals surface area contributed by atoms with Gasteiger partial charge in [-0.1, -0.05) is 26.7 Å². The zero-order valence-electron chi connectivity index (χ0n) is 11.9. The predicted octanol–water partition coefficient (Wildman–Crippen LogP) is 2.84. The van der Waals surface area contributed by atoms with Crippen LogP contribution in [0.1, 0.15) is 46.0 Å². The van der Waals surface area contributed by atoms with Gasteiger partial charge in [0.25, 0.3) is 0 Å². The average molecular weight is 273 g/mol. The van der Waals surface area contributed by atoms with Gasteiger partial charge in [-0.15, -0.1) is 0 Å². The summed E-state index contributed by atoms with van der Waals surface area (Å²) in [6, 6.07) is -0.131. The Hall–Kier alpha value is -0.220. The van der Waals surface area contributed by atoms with E-state index in [-0.39, 0.29) is 12.0 Å². The Kier molecular flexibility index (Phi) is 7.75. The van der Waals surface area contributed by atoms with Crippen LogP contribution in [0, 0.1) is 5.92 Å². The average Bonchev–Trinajstić information content (AvgIpc) is 2.37. The number of ether oxygens (including phenoxy) is 1. The first kappa shape index (κ1) is 15.8. The van der Waals surface area contributed by atoms with Gasteiger partial charge in [0.2, 0.25) is 0 Å². The summed E-state index contributed by atoms with van der Waals surface area (Å²) in [5.41, 5.74) is 0. The lowest BCUT2D eigenvalue weighted by Crippen LogP contribution is -2.38. The Morgan fingerprint density at radius 2 is 2.28 bits per heavy atom. The van der Waals surface area contributed by atoms with Crippen LogP contribution >= 0.6 is 11.8 Å². The highest BCUT2D eigenvalue weighted by molar-refractivity contribution is 7.99. The molecule has 0 spiro atoms. The van der Waals surface area contributed by atoms with Crippen molar-refractivity contribution < 1.29 is 9.53 Å². The maximum absolute atomic E-state index is 11.5. The molecule has 1 aliphatic carbocycles. The fourth-order valence-electron chi connectivity index (χ4n) is 2.57. The molecule has 0 saturated heterocycles. The molecule has 1 saturated carbocycles. The summed E-state index contributed by atoms with van der Waals surface area (Å²) in [5.74, 6) is 1.79. The lowest BCUT2D eigenvalue weighted by atomic mass is 9.91. The number of esters is 1. The van der Waals surface area contributed by atoms with Crippen molar-refractivity contribution in [3.8, 4) is 0 Å². The molecule has 3 unspecified atom stereocenters. The lowest BCUT2D eigenvalue weighted by Gasteiger charge is -2.26. The number of carbonyl (C=O) groups is 1. The van der Waals surface area contributed by atoms with Gasteiger partial charge in [0, 0.05) is 5.25 Å². The first-order chi connectivity index (χ1) is 8.67. The molecule has 1 rings (SSSR count). The zero-order chi connectivity index (χ0) is 13.4. The molecule has 3 atom stereocenters. The second kappa shape index (κ2) is 8.81. The van der Waals surface area contributed by atoms with Crippen LogP contribution in [-0.2, 0) is 9.53 Å². The van der Waals surface area contributed by atoms with Crippen molar-refractivity contribution in [2.24, 2.45) is 5.92 Å². The Balaban J connectivity index is 2.23. The van der Waals surface area contributed by atoms with Crippen molar-refractivity contribution in [1.82, 2.24) is 5.32 Å². The van der Waals surface area contributed by atoms with Crippen LogP contribution in [0.5, 0.6) is 0 Å². The third-order valence-electron chi connectivity index (χ3n) is 3.58. The number of nitrogens with one attached hydrogen (secondary N) is 1. The van der Waals surface area contributed by atoms with Crippen LogP contribution in [0.25, 0.3) is 0 Å². The fraction of sp³-hybridized carbons (Fsp3) is 0.929. The SMILES string of the molecule is CCNC(CCSC1CCCC(C)C1)C(=O)OC. The van der Waals surface area contributed by atoms with E-state index in [4.69, 9.17) is 4.74 Å². The van der Waals surface area contributed by atoms with Gasteiger partial charge < -0.3 is 10.1 Å². The molecule has 1 N–H and O–H groups in total. The molecule has 0 aromatic heterocycles. The second-order valence-corrected chi connectivity index (χ2v) is 6.59. The highest BCUT2D eigenvalue weighted by atomic mass is 32.2. The van der Waals surface area contributed by atoms with Crippen molar-refractivity contribution in [3.05, 3.63) is 0 Å². The molecule has 0 aliphatic heterocycles. The van der Waals surface area contributed by atoms with E-state index in [2.05, 4.69) is 12.2 Å². The number of hydrogen-bond donors (Lipinski definition) is 1. The summed E-state index contributed by atoms with van der Waals surface area (Å²) in [7, 11) is 1.46. The number of hydrogen-bond acceptors (Lipinski definition) is 4. The van der Waals surface area contributed by atoms with Crippen LogP contribution in [0.15, 0.2) is 0 Å². The zero-order valence-corrected chi connectivity index (χ0v) is 12.7. The first-order valence-corrected chi connectivity index (χ1v) is 8.15. The summed E-state index contributed by atoms with van der Waals surface area (Å²) in [4.78, 5) is 11.5. The third-order valence-corrected chi connectivity index (χ3v) is 4.96. The molecule has 0 bridgehead atoms. The molecule has 1 aliphatic rings. The second-order valence-electron chi connectivity index (χ2n) is 5.19. The van der Waals surface area contributed by atoms with Crippen molar-refractivity contribution in [2.45, 2.75) is 57.2 Å². The van der Waals surface area contributed by atoms with Crippen molar-refractivity contribution in [3.63, 3.8) is 0 Å². The summed E-state index contributed by atoms with van der Waals surface area (Å²) < 4.78 is 4.81.